The average Bonchev–Trinajstić information content (AvgIpc) is 3.01. The van der Waals surface area contributed by atoms with Crippen molar-refractivity contribution < 1.29 is 14.5 Å². The van der Waals surface area contributed by atoms with Crippen molar-refractivity contribution in [1.29, 1.82) is 0 Å². The van der Waals surface area contributed by atoms with Crippen LogP contribution in [-0.2, 0) is 4.79 Å². The molecule has 1 aliphatic heterocycles. The summed E-state index contributed by atoms with van der Waals surface area (Å²) in [6, 6.07) is 12.5. The summed E-state index contributed by atoms with van der Waals surface area (Å²) in [4.78, 5) is 35.8. The standard InChI is InChI=1S/C17H15N3O4/c21-16-5-2-10-19(16)14-8-6-13(7-9-14)18-17(22)12-3-1-4-15(11-12)20(23)24/h1,3-4,6-9,11H,2,5,10H2,(H,18,22). The molecule has 0 aromatic heterocycles. The average molecular weight is 325 g/mol. The molecule has 122 valence electrons. The van der Waals surface area contributed by atoms with Crippen LogP contribution < -0.4 is 10.2 Å². The molecule has 24 heavy (non-hydrogen) atoms. The topological polar surface area (TPSA) is 92.6 Å². The van der Waals surface area contributed by atoms with Crippen molar-refractivity contribution in [3.8, 4) is 0 Å². The minimum atomic E-state index is -0.543. The molecule has 2 amide bonds. The number of nitrogens with zero attached hydrogens (tertiary/aromatic N) is 2. The number of anilines is 2. The van der Waals surface area contributed by atoms with Crippen LogP contribution in [0, 0.1) is 10.1 Å². The Bertz CT molecular complexity index is 802. The number of nitro groups is 1. The van der Waals surface area contributed by atoms with E-state index in [1.165, 1.54) is 24.3 Å². The summed E-state index contributed by atoms with van der Waals surface area (Å²) < 4.78 is 0. The molecule has 0 bridgehead atoms. The maximum atomic E-state index is 12.2. The van der Waals surface area contributed by atoms with E-state index >= 15 is 0 Å². The fraction of sp³-hybridized carbons (Fsp3) is 0.176. The molecule has 3 rings (SSSR count). The predicted molar refractivity (Wildman–Crippen MR) is 89.1 cm³/mol. The maximum absolute atomic E-state index is 12.2. The number of hydrogen-bond donors (Lipinski definition) is 1. The Hall–Kier alpha value is -3.22. The lowest BCUT2D eigenvalue weighted by molar-refractivity contribution is -0.384. The highest BCUT2D eigenvalue weighted by atomic mass is 16.6. The van der Waals surface area contributed by atoms with E-state index in [4.69, 9.17) is 0 Å². The van der Waals surface area contributed by atoms with Gasteiger partial charge in [-0.25, -0.2) is 0 Å². The fourth-order valence-electron chi connectivity index (χ4n) is 2.61. The molecule has 0 aliphatic carbocycles. The summed E-state index contributed by atoms with van der Waals surface area (Å²) in [6.07, 6.45) is 1.41. The molecule has 0 spiro atoms. The Morgan fingerprint density at radius 1 is 1.17 bits per heavy atom. The molecule has 7 heteroatoms. The highest BCUT2D eigenvalue weighted by Crippen LogP contribution is 2.23. The van der Waals surface area contributed by atoms with Crippen molar-refractivity contribution in [2.75, 3.05) is 16.8 Å². The SMILES string of the molecule is O=C(Nc1ccc(N2CCCC2=O)cc1)c1cccc([N+](=O)[O-])c1. The zero-order chi connectivity index (χ0) is 17.1. The monoisotopic (exact) mass is 325 g/mol. The van der Waals surface area contributed by atoms with Gasteiger partial charge in [0.05, 0.1) is 4.92 Å². The van der Waals surface area contributed by atoms with Gasteiger partial charge in [0.1, 0.15) is 0 Å². The Balaban J connectivity index is 1.71. The number of nitro benzene ring substituents is 1. The summed E-state index contributed by atoms with van der Waals surface area (Å²) in [5.41, 5.74) is 1.43. The van der Waals surface area contributed by atoms with Gasteiger partial charge < -0.3 is 10.2 Å². The molecule has 1 aliphatic rings. The van der Waals surface area contributed by atoms with Gasteiger partial charge in [0, 0.05) is 42.0 Å². The van der Waals surface area contributed by atoms with Gasteiger partial charge in [-0.15, -0.1) is 0 Å². The van der Waals surface area contributed by atoms with E-state index in [1.807, 2.05) is 0 Å². The summed E-state index contributed by atoms with van der Waals surface area (Å²) >= 11 is 0. The van der Waals surface area contributed by atoms with Gasteiger partial charge in [0.15, 0.2) is 0 Å². The zero-order valence-corrected chi connectivity index (χ0v) is 12.8. The third-order valence-electron chi connectivity index (χ3n) is 3.83. The number of benzene rings is 2. The van der Waals surface area contributed by atoms with Crippen LogP contribution in [0.1, 0.15) is 23.2 Å². The quantitative estimate of drug-likeness (QED) is 0.691. The maximum Gasteiger partial charge on any atom is 0.270 e. The molecule has 1 saturated heterocycles. The number of carbonyl (C=O) groups excluding carboxylic acids is 2. The summed E-state index contributed by atoms with van der Waals surface area (Å²) in [5.74, 6) is -0.327. The van der Waals surface area contributed by atoms with Crippen molar-refractivity contribution in [2.24, 2.45) is 0 Å². The second-order valence-electron chi connectivity index (χ2n) is 5.46. The Kier molecular flexibility index (Phi) is 4.24. The first kappa shape index (κ1) is 15.7. The van der Waals surface area contributed by atoms with Gasteiger partial charge in [-0.05, 0) is 36.8 Å². The lowest BCUT2D eigenvalue weighted by Crippen LogP contribution is -2.23. The third-order valence-corrected chi connectivity index (χ3v) is 3.83. The Morgan fingerprint density at radius 3 is 2.54 bits per heavy atom. The van der Waals surface area contributed by atoms with Gasteiger partial charge in [0.2, 0.25) is 5.91 Å². The number of amides is 2. The van der Waals surface area contributed by atoms with Gasteiger partial charge in [-0.2, -0.15) is 0 Å². The Labute approximate surface area is 138 Å². The first-order valence-electron chi connectivity index (χ1n) is 7.51. The van der Waals surface area contributed by atoms with Gasteiger partial charge >= 0.3 is 0 Å². The lowest BCUT2D eigenvalue weighted by atomic mass is 10.2. The van der Waals surface area contributed by atoms with Gasteiger partial charge in [-0.3, -0.25) is 19.7 Å². The van der Waals surface area contributed by atoms with Crippen LogP contribution in [0.25, 0.3) is 0 Å². The Morgan fingerprint density at radius 2 is 1.92 bits per heavy atom. The van der Waals surface area contributed by atoms with E-state index in [-0.39, 0.29) is 17.2 Å². The van der Waals surface area contributed by atoms with Crippen LogP contribution in [0.15, 0.2) is 48.5 Å². The minimum absolute atomic E-state index is 0.100. The van der Waals surface area contributed by atoms with Crippen LogP contribution >= 0.6 is 0 Å². The predicted octanol–water partition coefficient (Wildman–Crippen LogP) is 2.97. The van der Waals surface area contributed by atoms with E-state index < -0.39 is 10.8 Å². The fourth-order valence-corrected chi connectivity index (χ4v) is 2.61. The number of rotatable bonds is 4. The molecule has 7 nitrogen and oxygen atoms in total. The number of non-ortho nitro benzene ring substituents is 1. The smallest absolute Gasteiger partial charge is 0.270 e. The van der Waals surface area contributed by atoms with Crippen molar-refractivity contribution in [2.45, 2.75) is 12.8 Å². The van der Waals surface area contributed by atoms with E-state index in [0.717, 1.165) is 12.1 Å². The summed E-state index contributed by atoms with van der Waals surface area (Å²) in [5, 5.41) is 13.5. The van der Waals surface area contributed by atoms with Crippen molar-refractivity contribution >= 4 is 28.9 Å². The van der Waals surface area contributed by atoms with E-state index in [1.54, 1.807) is 29.2 Å². The molecule has 0 unspecified atom stereocenters. The highest BCUT2D eigenvalue weighted by Gasteiger charge is 2.21. The summed E-state index contributed by atoms with van der Waals surface area (Å²) in [7, 11) is 0. The number of hydrogen-bond acceptors (Lipinski definition) is 4. The van der Waals surface area contributed by atoms with E-state index in [9.17, 15) is 19.7 Å². The van der Waals surface area contributed by atoms with Crippen LogP contribution in [0.3, 0.4) is 0 Å². The first-order chi connectivity index (χ1) is 11.5. The second-order valence-corrected chi connectivity index (χ2v) is 5.46. The lowest BCUT2D eigenvalue weighted by Gasteiger charge is -2.16. The molecular formula is C17H15N3O4. The number of nitrogens with one attached hydrogen (secondary N) is 1. The van der Waals surface area contributed by atoms with Crippen molar-refractivity contribution in [3.05, 3.63) is 64.2 Å². The largest absolute Gasteiger partial charge is 0.322 e. The second kappa shape index (κ2) is 6.49. The molecule has 0 radical (unpaired) electrons. The molecule has 0 atom stereocenters. The number of carbonyl (C=O) groups is 2. The molecule has 2 aromatic carbocycles. The highest BCUT2D eigenvalue weighted by molar-refractivity contribution is 6.04. The molecule has 1 N–H and O–H groups in total. The van der Waals surface area contributed by atoms with Crippen LogP contribution in [0.4, 0.5) is 17.1 Å². The van der Waals surface area contributed by atoms with Crippen molar-refractivity contribution in [1.82, 2.24) is 0 Å². The minimum Gasteiger partial charge on any atom is -0.322 e. The molecule has 1 heterocycles. The van der Waals surface area contributed by atoms with Crippen LogP contribution in [-0.4, -0.2) is 23.3 Å². The summed E-state index contributed by atoms with van der Waals surface area (Å²) in [6.45, 7) is 0.707. The third kappa shape index (κ3) is 3.24. The van der Waals surface area contributed by atoms with E-state index in [0.29, 0.717) is 18.7 Å². The van der Waals surface area contributed by atoms with Gasteiger partial charge in [0.25, 0.3) is 11.6 Å². The first-order valence-corrected chi connectivity index (χ1v) is 7.51. The molecule has 0 saturated carbocycles. The molecular weight excluding hydrogens is 310 g/mol. The van der Waals surface area contributed by atoms with E-state index in [2.05, 4.69) is 5.32 Å². The molecule has 1 fully saturated rings. The van der Waals surface area contributed by atoms with Crippen LogP contribution in [0.5, 0.6) is 0 Å². The normalized spacial score (nSPS) is 13.8. The molecule has 2 aromatic rings. The van der Waals surface area contributed by atoms with Crippen molar-refractivity contribution in [3.63, 3.8) is 0 Å². The zero-order valence-electron chi connectivity index (χ0n) is 12.8. The van der Waals surface area contributed by atoms with Crippen LogP contribution in [0.2, 0.25) is 0 Å². The van der Waals surface area contributed by atoms with Gasteiger partial charge in [-0.1, -0.05) is 6.07 Å².